The minimum atomic E-state index is -0.393. The predicted molar refractivity (Wildman–Crippen MR) is 72.7 cm³/mol. The van der Waals surface area contributed by atoms with E-state index in [0.29, 0.717) is 16.1 Å². The highest BCUT2D eigenvalue weighted by Crippen LogP contribution is 2.16. The standard InChI is InChI=1S/C5H4BrFN2.C5H5BrN2/c6-4-1-3(7)2-9-5(4)8;6-4-2-1-3-8-5(4)7/h1-2H,(H2,8,9);1-3H,(H2,7,8). The van der Waals surface area contributed by atoms with Crippen LogP contribution in [-0.4, -0.2) is 9.97 Å². The first-order chi connectivity index (χ1) is 8.00. The van der Waals surface area contributed by atoms with Crippen molar-refractivity contribution in [3.63, 3.8) is 0 Å². The van der Waals surface area contributed by atoms with Gasteiger partial charge in [-0.3, -0.25) is 0 Å². The molecule has 7 heteroatoms. The van der Waals surface area contributed by atoms with Gasteiger partial charge in [0.1, 0.15) is 17.5 Å². The van der Waals surface area contributed by atoms with Gasteiger partial charge in [0.05, 0.1) is 15.1 Å². The van der Waals surface area contributed by atoms with E-state index in [1.807, 2.05) is 12.1 Å². The molecular formula is C10H9Br2FN4. The van der Waals surface area contributed by atoms with E-state index in [-0.39, 0.29) is 0 Å². The molecule has 0 saturated carbocycles. The van der Waals surface area contributed by atoms with Crippen molar-refractivity contribution in [1.82, 2.24) is 9.97 Å². The summed E-state index contributed by atoms with van der Waals surface area (Å²) in [6.45, 7) is 0. The van der Waals surface area contributed by atoms with Crippen LogP contribution < -0.4 is 11.5 Å². The Kier molecular flexibility index (Phi) is 5.30. The number of pyridine rings is 2. The fraction of sp³-hybridized carbons (Fsp3) is 0. The number of nitrogens with zero attached hydrogens (tertiary/aromatic N) is 2. The topological polar surface area (TPSA) is 77.8 Å². The van der Waals surface area contributed by atoms with Gasteiger partial charge >= 0.3 is 0 Å². The van der Waals surface area contributed by atoms with E-state index in [2.05, 4.69) is 41.8 Å². The Morgan fingerprint density at radius 3 is 2.12 bits per heavy atom. The van der Waals surface area contributed by atoms with Gasteiger partial charge in [0.25, 0.3) is 0 Å². The second-order valence-corrected chi connectivity index (χ2v) is 4.60. The Bertz CT molecular complexity index is 486. The molecule has 0 aliphatic rings. The van der Waals surface area contributed by atoms with Crippen LogP contribution in [0.15, 0.2) is 39.5 Å². The molecule has 4 nitrogen and oxygen atoms in total. The van der Waals surface area contributed by atoms with Gasteiger partial charge in [-0.15, -0.1) is 0 Å². The molecule has 0 saturated heterocycles. The van der Waals surface area contributed by atoms with E-state index in [1.165, 1.54) is 6.07 Å². The number of anilines is 2. The summed E-state index contributed by atoms with van der Waals surface area (Å²) in [7, 11) is 0. The lowest BCUT2D eigenvalue weighted by Gasteiger charge is -1.93. The van der Waals surface area contributed by atoms with Crippen molar-refractivity contribution < 1.29 is 4.39 Å². The van der Waals surface area contributed by atoms with E-state index in [1.54, 1.807) is 6.20 Å². The lowest BCUT2D eigenvalue weighted by atomic mass is 10.4. The molecule has 2 aromatic heterocycles. The molecule has 0 spiro atoms. The first-order valence-electron chi connectivity index (χ1n) is 4.43. The number of hydrogen-bond donors (Lipinski definition) is 2. The van der Waals surface area contributed by atoms with E-state index in [9.17, 15) is 4.39 Å². The smallest absolute Gasteiger partial charge is 0.142 e. The van der Waals surface area contributed by atoms with Crippen LogP contribution in [0.25, 0.3) is 0 Å². The van der Waals surface area contributed by atoms with Crippen LogP contribution >= 0.6 is 31.9 Å². The number of aromatic nitrogens is 2. The molecule has 90 valence electrons. The van der Waals surface area contributed by atoms with Crippen LogP contribution in [-0.2, 0) is 0 Å². The predicted octanol–water partition coefficient (Wildman–Crippen LogP) is 2.99. The number of halogens is 3. The molecule has 17 heavy (non-hydrogen) atoms. The first-order valence-corrected chi connectivity index (χ1v) is 6.02. The zero-order valence-electron chi connectivity index (χ0n) is 8.57. The zero-order valence-corrected chi connectivity index (χ0v) is 11.7. The summed E-state index contributed by atoms with van der Waals surface area (Å²) in [5.41, 5.74) is 10.6. The third-order valence-electron chi connectivity index (χ3n) is 1.62. The lowest BCUT2D eigenvalue weighted by molar-refractivity contribution is 0.621. The maximum Gasteiger partial charge on any atom is 0.142 e. The fourth-order valence-electron chi connectivity index (χ4n) is 0.823. The molecule has 0 aliphatic carbocycles. The summed E-state index contributed by atoms with van der Waals surface area (Å²) in [5, 5.41) is 0. The molecule has 0 bridgehead atoms. The monoisotopic (exact) mass is 362 g/mol. The van der Waals surface area contributed by atoms with Gasteiger partial charge in [0.15, 0.2) is 0 Å². The third-order valence-corrected chi connectivity index (χ3v) is 2.93. The average Bonchev–Trinajstić information content (AvgIpc) is 2.29. The molecule has 4 N–H and O–H groups in total. The lowest BCUT2D eigenvalue weighted by Crippen LogP contribution is -1.91. The summed E-state index contributed by atoms with van der Waals surface area (Å²) >= 11 is 6.23. The van der Waals surface area contributed by atoms with Crippen LogP contribution in [0.3, 0.4) is 0 Å². The van der Waals surface area contributed by atoms with Gasteiger partial charge in [-0.1, -0.05) is 0 Å². The van der Waals surface area contributed by atoms with E-state index < -0.39 is 5.82 Å². The Hall–Kier alpha value is -1.21. The van der Waals surface area contributed by atoms with Crippen molar-refractivity contribution in [1.29, 1.82) is 0 Å². The van der Waals surface area contributed by atoms with Crippen LogP contribution in [0.5, 0.6) is 0 Å². The first kappa shape index (κ1) is 13.9. The maximum atomic E-state index is 12.2. The molecule has 0 unspecified atom stereocenters. The second kappa shape index (κ2) is 6.51. The quantitative estimate of drug-likeness (QED) is 0.754. The minimum absolute atomic E-state index is 0.302. The normalized spacial score (nSPS) is 9.35. The van der Waals surface area contributed by atoms with Gasteiger partial charge < -0.3 is 11.5 Å². The Morgan fingerprint density at radius 1 is 1.06 bits per heavy atom. The Labute approximate surface area is 115 Å². The molecular weight excluding hydrogens is 355 g/mol. The highest BCUT2D eigenvalue weighted by atomic mass is 79.9. The van der Waals surface area contributed by atoms with Crippen molar-refractivity contribution in [2.24, 2.45) is 0 Å². The fourth-order valence-corrected chi connectivity index (χ4v) is 1.40. The van der Waals surface area contributed by atoms with E-state index in [4.69, 9.17) is 11.5 Å². The molecule has 0 atom stereocenters. The van der Waals surface area contributed by atoms with Gasteiger partial charge in [0, 0.05) is 6.20 Å². The Morgan fingerprint density at radius 2 is 1.71 bits per heavy atom. The molecule has 0 radical (unpaired) electrons. The summed E-state index contributed by atoms with van der Waals surface area (Å²) in [6.07, 6.45) is 2.72. The second-order valence-electron chi connectivity index (χ2n) is 2.89. The highest BCUT2D eigenvalue weighted by Gasteiger charge is 1.96. The van der Waals surface area contributed by atoms with E-state index in [0.717, 1.165) is 10.7 Å². The number of hydrogen-bond acceptors (Lipinski definition) is 4. The number of rotatable bonds is 0. The molecule has 2 heterocycles. The van der Waals surface area contributed by atoms with Crippen molar-refractivity contribution in [3.8, 4) is 0 Å². The van der Waals surface area contributed by atoms with Crippen LogP contribution in [0.1, 0.15) is 0 Å². The van der Waals surface area contributed by atoms with Crippen LogP contribution in [0.4, 0.5) is 16.0 Å². The van der Waals surface area contributed by atoms with Crippen molar-refractivity contribution in [2.75, 3.05) is 11.5 Å². The zero-order chi connectivity index (χ0) is 12.8. The number of nitrogens with two attached hydrogens (primary N) is 2. The molecule has 0 amide bonds. The van der Waals surface area contributed by atoms with Gasteiger partial charge in [-0.05, 0) is 50.1 Å². The minimum Gasteiger partial charge on any atom is -0.383 e. The largest absolute Gasteiger partial charge is 0.383 e. The summed E-state index contributed by atoms with van der Waals surface area (Å²) in [6, 6.07) is 4.94. The average molecular weight is 364 g/mol. The highest BCUT2D eigenvalue weighted by molar-refractivity contribution is 9.11. The summed E-state index contributed by atoms with van der Waals surface area (Å²) < 4.78 is 13.5. The van der Waals surface area contributed by atoms with Gasteiger partial charge in [-0.2, -0.15) is 0 Å². The van der Waals surface area contributed by atoms with Crippen molar-refractivity contribution >= 4 is 43.5 Å². The van der Waals surface area contributed by atoms with Crippen LogP contribution in [0, 0.1) is 5.82 Å². The number of nitrogen functional groups attached to an aromatic ring is 2. The molecule has 2 rings (SSSR count). The van der Waals surface area contributed by atoms with E-state index >= 15 is 0 Å². The molecule has 0 fully saturated rings. The summed E-state index contributed by atoms with van der Waals surface area (Å²) in [4.78, 5) is 7.34. The van der Waals surface area contributed by atoms with Crippen molar-refractivity contribution in [3.05, 3.63) is 45.4 Å². The van der Waals surface area contributed by atoms with Crippen molar-refractivity contribution in [2.45, 2.75) is 0 Å². The van der Waals surface area contributed by atoms with Gasteiger partial charge in [-0.25, -0.2) is 14.4 Å². The summed E-state index contributed by atoms with van der Waals surface area (Å²) in [5.74, 6) is 0.444. The molecule has 2 aromatic rings. The SMILES string of the molecule is Nc1ncc(F)cc1Br.Nc1ncccc1Br. The third kappa shape index (κ3) is 4.66. The van der Waals surface area contributed by atoms with Crippen LogP contribution in [0.2, 0.25) is 0 Å². The Balaban J connectivity index is 0.000000171. The van der Waals surface area contributed by atoms with Gasteiger partial charge in [0.2, 0.25) is 0 Å². The maximum absolute atomic E-state index is 12.2. The molecule has 0 aromatic carbocycles. The molecule has 0 aliphatic heterocycles.